The van der Waals surface area contributed by atoms with E-state index in [1.54, 1.807) is 11.3 Å². The normalized spacial score (nSPS) is 16.9. The van der Waals surface area contributed by atoms with Crippen molar-refractivity contribution in [2.45, 2.75) is 5.60 Å². The second-order valence-corrected chi connectivity index (χ2v) is 10.1. The van der Waals surface area contributed by atoms with Gasteiger partial charge in [0, 0.05) is 48.0 Å². The van der Waals surface area contributed by atoms with Gasteiger partial charge < -0.3 is 5.11 Å². The summed E-state index contributed by atoms with van der Waals surface area (Å²) in [4.78, 5) is 13.8. The minimum absolute atomic E-state index is 0.0466. The van der Waals surface area contributed by atoms with Gasteiger partial charge in [0.05, 0.1) is 0 Å². The van der Waals surface area contributed by atoms with Crippen LogP contribution in [0.2, 0.25) is 0 Å². The van der Waals surface area contributed by atoms with E-state index in [1.165, 1.54) is 4.70 Å². The summed E-state index contributed by atoms with van der Waals surface area (Å²) in [5.74, 6) is -0.0466. The third-order valence-electron chi connectivity index (χ3n) is 7.11. The van der Waals surface area contributed by atoms with Crippen molar-refractivity contribution >= 4 is 37.3 Å². The van der Waals surface area contributed by atoms with Crippen LogP contribution in [0.25, 0.3) is 31.3 Å². The first-order valence-corrected chi connectivity index (χ1v) is 12.4. The van der Waals surface area contributed by atoms with E-state index in [9.17, 15) is 9.90 Å². The van der Waals surface area contributed by atoms with Gasteiger partial charge in [0.2, 0.25) is 0 Å². The highest BCUT2D eigenvalue weighted by molar-refractivity contribution is 7.25. The number of hydrogen-bond donors (Lipinski definition) is 1. The van der Waals surface area contributed by atoms with Crippen molar-refractivity contribution < 1.29 is 9.90 Å². The van der Waals surface area contributed by atoms with Crippen molar-refractivity contribution in [1.29, 1.82) is 0 Å². The Labute approximate surface area is 206 Å². The average molecular weight is 469 g/mol. The fourth-order valence-electron chi connectivity index (χ4n) is 5.50. The Kier molecular flexibility index (Phi) is 4.34. The van der Waals surface area contributed by atoms with E-state index in [4.69, 9.17) is 0 Å². The van der Waals surface area contributed by atoms with Crippen LogP contribution in [0.1, 0.15) is 32.6 Å². The molecule has 0 amide bonds. The first-order chi connectivity index (χ1) is 17.2. The fraction of sp³-hybridized carbons (Fsp3) is 0.0312. The molecule has 1 heterocycles. The fourth-order valence-corrected chi connectivity index (χ4v) is 6.63. The number of carbonyl (C=O) groups excluding carboxylic acids is 1. The first-order valence-electron chi connectivity index (χ1n) is 11.6. The number of benzene rings is 5. The third kappa shape index (κ3) is 2.83. The summed E-state index contributed by atoms with van der Waals surface area (Å²) >= 11 is 1.69. The minimum atomic E-state index is -1.48. The number of ketones is 1. The highest BCUT2D eigenvalue weighted by Crippen LogP contribution is 2.49. The van der Waals surface area contributed by atoms with E-state index >= 15 is 0 Å². The highest BCUT2D eigenvalue weighted by Gasteiger charge is 2.45. The van der Waals surface area contributed by atoms with E-state index in [2.05, 4.69) is 24.3 Å². The molecule has 166 valence electrons. The van der Waals surface area contributed by atoms with Crippen LogP contribution in [0.15, 0.2) is 115 Å². The lowest BCUT2D eigenvalue weighted by atomic mass is 9.69. The molecule has 0 radical (unpaired) electrons. The second kappa shape index (κ2) is 7.47. The minimum Gasteiger partial charge on any atom is -0.376 e. The maximum absolute atomic E-state index is 13.8. The summed E-state index contributed by atoms with van der Waals surface area (Å²) in [5.41, 5.74) is 3.64. The lowest BCUT2D eigenvalue weighted by Gasteiger charge is -2.37. The van der Waals surface area contributed by atoms with Gasteiger partial charge in [-0.05, 0) is 29.3 Å². The molecule has 35 heavy (non-hydrogen) atoms. The van der Waals surface area contributed by atoms with Crippen LogP contribution in [0.4, 0.5) is 0 Å². The van der Waals surface area contributed by atoms with E-state index < -0.39 is 5.60 Å². The van der Waals surface area contributed by atoms with Gasteiger partial charge in [-0.15, -0.1) is 11.3 Å². The predicted octanol–water partition coefficient (Wildman–Crippen LogP) is 7.55. The summed E-state index contributed by atoms with van der Waals surface area (Å²) in [6, 6.07) is 37.8. The van der Waals surface area contributed by atoms with Gasteiger partial charge in [-0.1, -0.05) is 97.1 Å². The molecule has 0 saturated heterocycles. The van der Waals surface area contributed by atoms with Gasteiger partial charge in [0.15, 0.2) is 5.78 Å². The lowest BCUT2D eigenvalue weighted by Crippen LogP contribution is -2.37. The van der Waals surface area contributed by atoms with E-state index in [0.717, 1.165) is 32.2 Å². The molecule has 7 rings (SSSR count). The molecular weight excluding hydrogens is 448 g/mol. The van der Waals surface area contributed by atoms with Crippen LogP contribution in [-0.2, 0) is 5.60 Å². The summed E-state index contributed by atoms with van der Waals surface area (Å²) in [5, 5.41) is 15.0. The second-order valence-electron chi connectivity index (χ2n) is 8.99. The van der Waals surface area contributed by atoms with Gasteiger partial charge in [0.25, 0.3) is 0 Å². The Hall–Kier alpha value is -4.05. The molecule has 3 heteroatoms. The Morgan fingerprint density at radius 1 is 0.543 bits per heavy atom. The van der Waals surface area contributed by atoms with Crippen molar-refractivity contribution in [3.05, 3.63) is 143 Å². The van der Waals surface area contributed by atoms with Crippen LogP contribution >= 0.6 is 11.3 Å². The number of hydrogen-bond acceptors (Lipinski definition) is 3. The Balaban J connectivity index is 1.61. The Morgan fingerprint density at radius 3 is 1.97 bits per heavy atom. The maximum atomic E-state index is 13.8. The van der Waals surface area contributed by atoms with Crippen LogP contribution in [0.3, 0.4) is 0 Å². The zero-order valence-electron chi connectivity index (χ0n) is 18.7. The molecule has 0 spiro atoms. The molecule has 5 aromatic carbocycles. The van der Waals surface area contributed by atoms with Crippen LogP contribution < -0.4 is 0 Å². The van der Waals surface area contributed by atoms with Gasteiger partial charge in [0.1, 0.15) is 5.60 Å². The molecule has 0 fully saturated rings. The number of carbonyl (C=O) groups is 1. The molecule has 1 atom stereocenters. The summed E-state index contributed by atoms with van der Waals surface area (Å²) in [6.45, 7) is 0. The number of thiophene rings is 1. The Bertz CT molecular complexity index is 1780. The van der Waals surface area contributed by atoms with Crippen molar-refractivity contribution in [1.82, 2.24) is 0 Å². The zero-order chi connectivity index (χ0) is 23.6. The standard InChI is InChI=1S/C32H20O2S/c33-31-23-14-5-8-16-27(23)32(34,26-15-7-4-12-21(26)20-10-2-1-3-11-20)28-19-30-24(18-25(28)31)22-13-6-9-17-29(22)35-30/h1-19,34H. The summed E-state index contributed by atoms with van der Waals surface area (Å²) in [6.07, 6.45) is 0. The SMILES string of the molecule is O=C1c2ccccc2C(O)(c2ccccc2-c2ccccc2)c2cc3sc4ccccc4c3cc21. The molecule has 1 aliphatic carbocycles. The van der Waals surface area contributed by atoms with Crippen molar-refractivity contribution in [3.8, 4) is 11.1 Å². The van der Waals surface area contributed by atoms with E-state index in [1.807, 2.05) is 91.0 Å². The quantitative estimate of drug-likeness (QED) is 0.285. The summed E-state index contributed by atoms with van der Waals surface area (Å²) in [7, 11) is 0. The first kappa shape index (κ1) is 20.3. The molecule has 1 N–H and O–H groups in total. The molecule has 1 aromatic heterocycles. The molecule has 1 aliphatic rings. The molecule has 0 bridgehead atoms. The van der Waals surface area contributed by atoms with Crippen LogP contribution in [0.5, 0.6) is 0 Å². The van der Waals surface area contributed by atoms with E-state index in [0.29, 0.717) is 22.3 Å². The van der Waals surface area contributed by atoms with Crippen LogP contribution in [-0.4, -0.2) is 10.9 Å². The number of fused-ring (bicyclic) bond motifs is 5. The monoisotopic (exact) mass is 468 g/mol. The van der Waals surface area contributed by atoms with Gasteiger partial charge in [-0.2, -0.15) is 0 Å². The molecule has 0 saturated carbocycles. The molecule has 0 aliphatic heterocycles. The average Bonchev–Trinajstić information content (AvgIpc) is 3.29. The van der Waals surface area contributed by atoms with Gasteiger partial charge >= 0.3 is 0 Å². The van der Waals surface area contributed by atoms with Crippen molar-refractivity contribution in [3.63, 3.8) is 0 Å². The summed E-state index contributed by atoms with van der Waals surface area (Å²) < 4.78 is 2.23. The third-order valence-corrected chi connectivity index (χ3v) is 8.25. The topological polar surface area (TPSA) is 37.3 Å². The maximum Gasteiger partial charge on any atom is 0.193 e. The largest absolute Gasteiger partial charge is 0.376 e. The van der Waals surface area contributed by atoms with Crippen LogP contribution in [0, 0.1) is 0 Å². The molecular formula is C32H20O2S. The molecule has 2 nitrogen and oxygen atoms in total. The number of rotatable bonds is 2. The zero-order valence-corrected chi connectivity index (χ0v) is 19.5. The van der Waals surface area contributed by atoms with Gasteiger partial charge in [-0.25, -0.2) is 0 Å². The van der Waals surface area contributed by atoms with Crippen molar-refractivity contribution in [2.24, 2.45) is 0 Å². The smallest absolute Gasteiger partial charge is 0.193 e. The lowest BCUT2D eigenvalue weighted by molar-refractivity contribution is 0.0951. The molecule has 6 aromatic rings. The Morgan fingerprint density at radius 2 is 1.17 bits per heavy atom. The molecule has 1 unspecified atom stereocenters. The van der Waals surface area contributed by atoms with E-state index in [-0.39, 0.29) is 5.78 Å². The van der Waals surface area contributed by atoms with Crippen molar-refractivity contribution in [2.75, 3.05) is 0 Å². The van der Waals surface area contributed by atoms with Gasteiger partial charge in [-0.3, -0.25) is 4.79 Å². The predicted molar refractivity (Wildman–Crippen MR) is 143 cm³/mol. The highest BCUT2D eigenvalue weighted by atomic mass is 32.1. The number of aliphatic hydroxyl groups is 1.